The first-order valence-electron chi connectivity index (χ1n) is 5.21. The van der Waals surface area contributed by atoms with Gasteiger partial charge in [-0.1, -0.05) is 6.07 Å². The summed E-state index contributed by atoms with van der Waals surface area (Å²) in [5.41, 5.74) is 0.852. The minimum absolute atomic E-state index is 0.0364. The van der Waals surface area contributed by atoms with E-state index in [9.17, 15) is 4.79 Å². The Balaban J connectivity index is 2.72. The standard InChI is InChI=1S/C12H16BrNO3/c1-12(2,3)17-11(16)14-10-5-4-8(7-15)6-9(10)13/h4-6,15H,7H2,1-3H3,(H,14,16). The van der Waals surface area contributed by atoms with Gasteiger partial charge in [0.15, 0.2) is 0 Å². The van der Waals surface area contributed by atoms with E-state index in [2.05, 4.69) is 21.2 Å². The number of hydrogen-bond acceptors (Lipinski definition) is 3. The van der Waals surface area contributed by atoms with Crippen molar-refractivity contribution in [2.24, 2.45) is 0 Å². The van der Waals surface area contributed by atoms with Crippen LogP contribution in [-0.4, -0.2) is 16.8 Å². The minimum Gasteiger partial charge on any atom is -0.444 e. The first-order chi connectivity index (χ1) is 7.81. The monoisotopic (exact) mass is 301 g/mol. The number of rotatable bonds is 2. The van der Waals surface area contributed by atoms with Crippen molar-refractivity contribution in [2.45, 2.75) is 33.0 Å². The highest BCUT2D eigenvalue weighted by Gasteiger charge is 2.16. The van der Waals surface area contributed by atoms with E-state index in [1.165, 1.54) is 0 Å². The van der Waals surface area contributed by atoms with Crippen LogP contribution < -0.4 is 5.32 Å². The van der Waals surface area contributed by atoms with Crippen LogP contribution in [0.25, 0.3) is 0 Å². The van der Waals surface area contributed by atoms with Gasteiger partial charge in [-0.15, -0.1) is 0 Å². The zero-order chi connectivity index (χ0) is 13.1. The number of aliphatic hydroxyl groups is 1. The van der Waals surface area contributed by atoms with Crippen LogP contribution in [0.4, 0.5) is 10.5 Å². The van der Waals surface area contributed by atoms with Crippen molar-refractivity contribution < 1.29 is 14.6 Å². The summed E-state index contributed by atoms with van der Waals surface area (Å²) >= 11 is 3.31. The van der Waals surface area contributed by atoms with Gasteiger partial charge in [-0.3, -0.25) is 5.32 Å². The Morgan fingerprint density at radius 2 is 2.12 bits per heavy atom. The SMILES string of the molecule is CC(C)(C)OC(=O)Nc1ccc(CO)cc1Br. The summed E-state index contributed by atoms with van der Waals surface area (Å²) in [6, 6.07) is 5.18. The van der Waals surface area contributed by atoms with Crippen molar-refractivity contribution in [3.63, 3.8) is 0 Å². The molecule has 0 aliphatic carbocycles. The van der Waals surface area contributed by atoms with Crippen molar-refractivity contribution in [3.8, 4) is 0 Å². The molecular formula is C12H16BrNO3. The third kappa shape index (κ3) is 4.75. The highest BCUT2D eigenvalue weighted by molar-refractivity contribution is 9.10. The Morgan fingerprint density at radius 3 is 2.59 bits per heavy atom. The number of nitrogens with one attached hydrogen (secondary N) is 1. The van der Waals surface area contributed by atoms with E-state index >= 15 is 0 Å². The Hall–Kier alpha value is -1.07. The van der Waals surface area contributed by atoms with E-state index in [0.717, 1.165) is 5.56 Å². The third-order valence-electron chi connectivity index (χ3n) is 1.85. The molecule has 0 aliphatic rings. The molecule has 0 atom stereocenters. The maximum Gasteiger partial charge on any atom is 0.412 e. The average Bonchev–Trinajstić information content (AvgIpc) is 2.18. The van der Waals surface area contributed by atoms with Gasteiger partial charge in [0, 0.05) is 4.47 Å². The average molecular weight is 302 g/mol. The van der Waals surface area contributed by atoms with Crippen molar-refractivity contribution in [1.82, 2.24) is 0 Å². The second kappa shape index (κ2) is 5.51. The second-order valence-electron chi connectivity index (χ2n) is 4.60. The second-order valence-corrected chi connectivity index (χ2v) is 5.45. The minimum atomic E-state index is -0.526. The summed E-state index contributed by atoms with van der Waals surface area (Å²) < 4.78 is 5.84. The molecule has 1 aromatic rings. The summed E-state index contributed by atoms with van der Waals surface area (Å²) in [6.45, 7) is 5.37. The summed E-state index contributed by atoms with van der Waals surface area (Å²) in [5, 5.41) is 11.6. The topological polar surface area (TPSA) is 58.6 Å². The molecule has 0 radical (unpaired) electrons. The Morgan fingerprint density at radius 1 is 1.47 bits per heavy atom. The molecule has 2 N–H and O–H groups in total. The molecule has 0 aromatic heterocycles. The van der Waals surface area contributed by atoms with Crippen molar-refractivity contribution >= 4 is 27.7 Å². The highest BCUT2D eigenvalue weighted by atomic mass is 79.9. The van der Waals surface area contributed by atoms with E-state index in [0.29, 0.717) is 10.2 Å². The van der Waals surface area contributed by atoms with Crippen molar-refractivity contribution in [3.05, 3.63) is 28.2 Å². The highest BCUT2D eigenvalue weighted by Crippen LogP contribution is 2.24. The Bertz CT molecular complexity index is 413. The van der Waals surface area contributed by atoms with Gasteiger partial charge in [0.25, 0.3) is 0 Å². The molecule has 0 spiro atoms. The fourth-order valence-corrected chi connectivity index (χ4v) is 1.70. The molecule has 0 saturated carbocycles. The normalized spacial score (nSPS) is 11.1. The van der Waals surface area contributed by atoms with E-state index < -0.39 is 11.7 Å². The summed E-state index contributed by atoms with van der Waals surface area (Å²) in [7, 11) is 0. The maximum absolute atomic E-state index is 11.5. The number of halogens is 1. The molecule has 0 fully saturated rings. The lowest BCUT2D eigenvalue weighted by Crippen LogP contribution is -2.27. The van der Waals surface area contributed by atoms with Crippen LogP contribution in [-0.2, 0) is 11.3 Å². The first-order valence-corrected chi connectivity index (χ1v) is 6.00. The van der Waals surface area contributed by atoms with E-state index in [1.807, 2.05) is 0 Å². The first kappa shape index (κ1) is 14.0. The van der Waals surface area contributed by atoms with Crippen LogP contribution in [0.5, 0.6) is 0 Å². The number of carbonyl (C=O) groups is 1. The fourth-order valence-electron chi connectivity index (χ4n) is 1.17. The van der Waals surface area contributed by atoms with E-state index in [1.54, 1.807) is 39.0 Å². The number of aliphatic hydroxyl groups excluding tert-OH is 1. The van der Waals surface area contributed by atoms with Gasteiger partial charge in [0.05, 0.1) is 12.3 Å². The quantitative estimate of drug-likeness (QED) is 0.881. The lowest BCUT2D eigenvalue weighted by Gasteiger charge is -2.20. The third-order valence-corrected chi connectivity index (χ3v) is 2.51. The van der Waals surface area contributed by atoms with Crippen LogP contribution in [0.15, 0.2) is 22.7 Å². The molecule has 1 amide bonds. The van der Waals surface area contributed by atoms with Gasteiger partial charge in [0.2, 0.25) is 0 Å². The zero-order valence-corrected chi connectivity index (χ0v) is 11.7. The fraction of sp³-hybridized carbons (Fsp3) is 0.417. The number of ether oxygens (including phenoxy) is 1. The van der Waals surface area contributed by atoms with Crippen LogP contribution in [0.1, 0.15) is 26.3 Å². The number of benzene rings is 1. The molecule has 94 valence electrons. The van der Waals surface area contributed by atoms with Gasteiger partial charge < -0.3 is 9.84 Å². The molecule has 0 aliphatic heterocycles. The lowest BCUT2D eigenvalue weighted by atomic mass is 10.2. The molecule has 0 bridgehead atoms. The molecule has 5 heteroatoms. The molecule has 0 saturated heterocycles. The molecule has 17 heavy (non-hydrogen) atoms. The molecule has 0 unspecified atom stereocenters. The molecule has 0 heterocycles. The van der Waals surface area contributed by atoms with Gasteiger partial charge in [-0.2, -0.15) is 0 Å². The zero-order valence-electron chi connectivity index (χ0n) is 10.1. The van der Waals surface area contributed by atoms with Crippen LogP contribution >= 0.6 is 15.9 Å². The van der Waals surface area contributed by atoms with Crippen LogP contribution in [0, 0.1) is 0 Å². The Kier molecular flexibility index (Phi) is 4.54. The molecule has 1 rings (SSSR count). The largest absolute Gasteiger partial charge is 0.444 e. The number of amides is 1. The predicted molar refractivity (Wildman–Crippen MR) is 69.9 cm³/mol. The van der Waals surface area contributed by atoms with Crippen molar-refractivity contribution in [1.29, 1.82) is 0 Å². The smallest absolute Gasteiger partial charge is 0.412 e. The lowest BCUT2D eigenvalue weighted by molar-refractivity contribution is 0.0636. The predicted octanol–water partition coefficient (Wildman–Crippen LogP) is 3.29. The molecule has 4 nitrogen and oxygen atoms in total. The summed E-state index contributed by atoms with van der Waals surface area (Å²) in [5.74, 6) is 0. The molecular weight excluding hydrogens is 286 g/mol. The number of carbonyl (C=O) groups excluding carboxylic acids is 1. The molecule has 1 aromatic carbocycles. The summed E-state index contributed by atoms with van der Waals surface area (Å²) in [4.78, 5) is 11.5. The van der Waals surface area contributed by atoms with Gasteiger partial charge in [-0.25, -0.2) is 4.79 Å². The van der Waals surface area contributed by atoms with Crippen molar-refractivity contribution in [2.75, 3.05) is 5.32 Å². The van der Waals surface area contributed by atoms with Gasteiger partial charge >= 0.3 is 6.09 Å². The Labute approximate surface area is 109 Å². The van der Waals surface area contributed by atoms with E-state index in [4.69, 9.17) is 9.84 Å². The van der Waals surface area contributed by atoms with Crippen LogP contribution in [0.2, 0.25) is 0 Å². The van der Waals surface area contributed by atoms with Gasteiger partial charge in [-0.05, 0) is 54.4 Å². The summed E-state index contributed by atoms with van der Waals surface area (Å²) in [6.07, 6.45) is -0.505. The maximum atomic E-state index is 11.5. The van der Waals surface area contributed by atoms with E-state index in [-0.39, 0.29) is 6.61 Å². The van der Waals surface area contributed by atoms with Gasteiger partial charge in [0.1, 0.15) is 5.60 Å². The van der Waals surface area contributed by atoms with Crippen LogP contribution in [0.3, 0.4) is 0 Å². The number of hydrogen-bond donors (Lipinski definition) is 2. The number of anilines is 1.